The first-order chi connectivity index (χ1) is 15.8. The molecule has 2 heterocycles. The molecule has 4 rings (SSSR count). The first-order valence-corrected chi connectivity index (χ1v) is 13.7. The molecular weight excluding hydrogens is 442 g/mol. The van der Waals surface area contributed by atoms with Gasteiger partial charge in [0.2, 0.25) is 0 Å². The third kappa shape index (κ3) is 7.04. The Hall–Kier alpha value is -0.970. The number of hydrogen-bond acceptors (Lipinski definition) is 4. The smallest absolute Gasteiger partial charge is 0.0642 e. The van der Waals surface area contributed by atoms with Crippen LogP contribution in [0.5, 0.6) is 0 Å². The number of rotatable bonds is 7. The quantitative estimate of drug-likeness (QED) is 0.401. The summed E-state index contributed by atoms with van der Waals surface area (Å²) in [4.78, 5) is 7.92. The minimum atomic E-state index is 0. The Bertz CT molecular complexity index is 751. The minimum absolute atomic E-state index is 0. The first kappa shape index (κ1) is 27.6. The molecule has 3 aliphatic rings. The van der Waals surface area contributed by atoms with Crippen molar-refractivity contribution in [2.45, 2.75) is 79.1 Å². The van der Waals surface area contributed by atoms with Crippen molar-refractivity contribution in [3.8, 4) is 0 Å². The highest BCUT2D eigenvalue weighted by Gasteiger charge is 2.40. The molecule has 0 radical (unpaired) electrons. The van der Waals surface area contributed by atoms with Crippen LogP contribution in [0.2, 0.25) is 0 Å². The number of piperazine rings is 1. The first-order valence-electron chi connectivity index (χ1n) is 13.7. The van der Waals surface area contributed by atoms with E-state index in [9.17, 15) is 0 Å². The molecule has 4 nitrogen and oxygen atoms in total. The predicted octanol–water partition coefficient (Wildman–Crippen LogP) is 6.58. The number of halogens is 1. The molecular formula is C29H50ClN3O. The van der Waals surface area contributed by atoms with Crippen LogP contribution >= 0.6 is 12.4 Å². The fourth-order valence-corrected chi connectivity index (χ4v) is 7.03. The summed E-state index contributed by atoms with van der Waals surface area (Å²) < 4.78 is 5.63. The van der Waals surface area contributed by atoms with Crippen LogP contribution in [0.1, 0.15) is 84.6 Å². The van der Waals surface area contributed by atoms with E-state index in [1.54, 1.807) is 5.56 Å². The number of unbranched alkanes of at least 4 members (excludes halogenated alkanes) is 2. The highest BCUT2D eigenvalue weighted by molar-refractivity contribution is 5.85. The van der Waals surface area contributed by atoms with Gasteiger partial charge in [-0.05, 0) is 66.7 Å². The molecule has 0 amide bonds. The summed E-state index contributed by atoms with van der Waals surface area (Å²) in [6.07, 6.45) is 7.95. The van der Waals surface area contributed by atoms with Crippen LogP contribution in [0, 0.1) is 10.8 Å². The van der Waals surface area contributed by atoms with Gasteiger partial charge in [0.05, 0.1) is 13.2 Å². The second-order valence-corrected chi connectivity index (χ2v) is 12.5. The van der Waals surface area contributed by atoms with E-state index in [0.717, 1.165) is 39.4 Å². The molecule has 0 N–H and O–H groups in total. The molecule has 1 aromatic rings. The summed E-state index contributed by atoms with van der Waals surface area (Å²) in [5, 5.41) is 0. The highest BCUT2D eigenvalue weighted by atomic mass is 35.5. The fourth-order valence-electron chi connectivity index (χ4n) is 7.03. The number of ether oxygens (including phenoxy) is 1. The van der Waals surface area contributed by atoms with Gasteiger partial charge in [0, 0.05) is 50.6 Å². The lowest BCUT2D eigenvalue weighted by Gasteiger charge is -2.46. The molecule has 1 aliphatic carbocycles. The SMILES string of the molecule is CCCCCN1CCN(c2cc(N3CCOCC3)ccc2C2CC(C)(C)CC(C)(C)C2)CC1.Cl. The normalized spacial score (nSPS) is 23.6. The number of morpholine rings is 1. The number of anilines is 2. The molecule has 5 heteroatoms. The summed E-state index contributed by atoms with van der Waals surface area (Å²) in [6, 6.07) is 7.43. The predicted molar refractivity (Wildman–Crippen MR) is 149 cm³/mol. The Morgan fingerprint density at radius 1 is 0.853 bits per heavy atom. The van der Waals surface area contributed by atoms with E-state index in [1.807, 2.05) is 0 Å². The van der Waals surface area contributed by atoms with Gasteiger partial charge in [-0.1, -0.05) is 53.5 Å². The lowest BCUT2D eigenvalue weighted by atomic mass is 9.60. The largest absolute Gasteiger partial charge is 0.378 e. The van der Waals surface area contributed by atoms with E-state index in [0.29, 0.717) is 16.7 Å². The lowest BCUT2D eigenvalue weighted by Crippen LogP contribution is -2.47. The summed E-state index contributed by atoms with van der Waals surface area (Å²) in [5.74, 6) is 0.653. The Labute approximate surface area is 215 Å². The summed E-state index contributed by atoms with van der Waals surface area (Å²) >= 11 is 0. The van der Waals surface area contributed by atoms with Crippen molar-refractivity contribution in [3.63, 3.8) is 0 Å². The molecule has 34 heavy (non-hydrogen) atoms. The zero-order valence-corrected chi connectivity index (χ0v) is 23.4. The van der Waals surface area contributed by atoms with Crippen molar-refractivity contribution in [1.29, 1.82) is 0 Å². The highest BCUT2D eigenvalue weighted by Crippen LogP contribution is 2.53. The molecule has 194 valence electrons. The van der Waals surface area contributed by atoms with Gasteiger partial charge in [0.15, 0.2) is 0 Å². The van der Waals surface area contributed by atoms with Crippen LogP contribution in [-0.2, 0) is 4.74 Å². The second kappa shape index (κ2) is 11.8. The number of benzene rings is 1. The van der Waals surface area contributed by atoms with E-state index in [-0.39, 0.29) is 12.4 Å². The molecule has 3 fully saturated rings. The van der Waals surface area contributed by atoms with Gasteiger partial charge < -0.3 is 14.5 Å². The van der Waals surface area contributed by atoms with Crippen molar-refractivity contribution in [2.75, 3.05) is 68.8 Å². The van der Waals surface area contributed by atoms with Gasteiger partial charge >= 0.3 is 0 Å². The maximum absolute atomic E-state index is 5.63. The average molecular weight is 492 g/mol. The Morgan fingerprint density at radius 2 is 1.50 bits per heavy atom. The fraction of sp³-hybridized carbons (Fsp3) is 0.793. The van der Waals surface area contributed by atoms with Gasteiger partial charge in [-0.15, -0.1) is 12.4 Å². The second-order valence-electron chi connectivity index (χ2n) is 12.5. The van der Waals surface area contributed by atoms with Crippen molar-refractivity contribution >= 4 is 23.8 Å². The molecule has 1 aromatic carbocycles. The van der Waals surface area contributed by atoms with E-state index >= 15 is 0 Å². The van der Waals surface area contributed by atoms with E-state index in [4.69, 9.17) is 4.74 Å². The summed E-state index contributed by atoms with van der Waals surface area (Å²) in [6.45, 7) is 21.9. The van der Waals surface area contributed by atoms with Gasteiger partial charge in [0.1, 0.15) is 0 Å². The molecule has 0 aromatic heterocycles. The molecule has 2 saturated heterocycles. The molecule has 0 atom stereocenters. The number of nitrogens with zero attached hydrogens (tertiary/aromatic N) is 3. The van der Waals surface area contributed by atoms with Crippen molar-refractivity contribution < 1.29 is 4.74 Å². The maximum atomic E-state index is 5.63. The van der Waals surface area contributed by atoms with Gasteiger partial charge in [0.25, 0.3) is 0 Å². The molecule has 0 bridgehead atoms. The monoisotopic (exact) mass is 491 g/mol. The number of hydrogen-bond donors (Lipinski definition) is 0. The Morgan fingerprint density at radius 3 is 2.12 bits per heavy atom. The zero-order valence-electron chi connectivity index (χ0n) is 22.6. The van der Waals surface area contributed by atoms with Crippen molar-refractivity contribution in [1.82, 2.24) is 4.90 Å². The van der Waals surface area contributed by atoms with Crippen LogP contribution < -0.4 is 9.80 Å². The van der Waals surface area contributed by atoms with Crippen LogP contribution in [0.15, 0.2) is 18.2 Å². The Kier molecular flexibility index (Phi) is 9.62. The van der Waals surface area contributed by atoms with Crippen molar-refractivity contribution in [2.24, 2.45) is 10.8 Å². The van der Waals surface area contributed by atoms with Gasteiger partial charge in [-0.2, -0.15) is 0 Å². The van der Waals surface area contributed by atoms with Crippen LogP contribution in [0.3, 0.4) is 0 Å². The maximum Gasteiger partial charge on any atom is 0.0642 e. The summed E-state index contributed by atoms with van der Waals surface area (Å²) in [7, 11) is 0. The molecule has 0 spiro atoms. The Balaban J connectivity index is 0.00000324. The van der Waals surface area contributed by atoms with E-state index in [2.05, 4.69) is 67.5 Å². The summed E-state index contributed by atoms with van der Waals surface area (Å²) in [5.41, 5.74) is 5.32. The zero-order chi connectivity index (χ0) is 23.5. The van der Waals surface area contributed by atoms with Crippen LogP contribution in [0.25, 0.3) is 0 Å². The molecule has 2 aliphatic heterocycles. The third-order valence-corrected chi connectivity index (χ3v) is 8.18. The lowest BCUT2D eigenvalue weighted by molar-refractivity contribution is 0.0969. The van der Waals surface area contributed by atoms with E-state index < -0.39 is 0 Å². The third-order valence-electron chi connectivity index (χ3n) is 8.18. The van der Waals surface area contributed by atoms with Gasteiger partial charge in [-0.25, -0.2) is 0 Å². The van der Waals surface area contributed by atoms with Crippen LogP contribution in [0.4, 0.5) is 11.4 Å². The molecule has 0 unspecified atom stereocenters. The van der Waals surface area contributed by atoms with E-state index in [1.165, 1.54) is 69.5 Å². The topological polar surface area (TPSA) is 19.0 Å². The standard InChI is InChI=1S/C29H49N3O.ClH/c1-6-7-8-11-30-12-14-32(15-13-30)27-20-25(31-16-18-33-19-17-31)9-10-26(27)24-21-28(2,3)23-29(4,5)22-24;/h9-10,20,24H,6-8,11-19,21-23H2,1-5H3;1H. The van der Waals surface area contributed by atoms with Crippen molar-refractivity contribution in [3.05, 3.63) is 23.8 Å². The van der Waals surface area contributed by atoms with Gasteiger partial charge in [-0.3, -0.25) is 4.90 Å². The minimum Gasteiger partial charge on any atom is -0.378 e. The average Bonchev–Trinajstić information content (AvgIpc) is 2.78. The molecule has 1 saturated carbocycles. The van der Waals surface area contributed by atoms with Crippen LogP contribution in [-0.4, -0.2) is 63.9 Å².